The number of ether oxygens (including phenoxy) is 1. The summed E-state index contributed by atoms with van der Waals surface area (Å²) in [6.45, 7) is 6.25. The van der Waals surface area contributed by atoms with Crippen molar-refractivity contribution in [3.05, 3.63) is 46.5 Å². The highest BCUT2D eigenvalue weighted by Crippen LogP contribution is 2.24. The lowest BCUT2D eigenvalue weighted by Gasteiger charge is -2.14. The third-order valence-electron chi connectivity index (χ3n) is 2.61. The van der Waals surface area contributed by atoms with Crippen LogP contribution in [-0.4, -0.2) is 12.6 Å². The molecule has 2 nitrogen and oxygen atoms in total. The molecule has 1 rings (SSSR count). The van der Waals surface area contributed by atoms with E-state index in [-0.39, 0.29) is 11.9 Å². The van der Waals surface area contributed by atoms with Crippen LogP contribution < -0.4 is 0 Å². The summed E-state index contributed by atoms with van der Waals surface area (Å²) in [4.78, 5) is 12.0. The van der Waals surface area contributed by atoms with E-state index in [4.69, 9.17) is 16.3 Å². The molecule has 0 bridgehead atoms. The first-order chi connectivity index (χ1) is 8.54. The van der Waals surface area contributed by atoms with Gasteiger partial charge >= 0.3 is 5.97 Å². The van der Waals surface area contributed by atoms with Gasteiger partial charge in [0.05, 0.1) is 12.5 Å². The van der Waals surface area contributed by atoms with Gasteiger partial charge in [-0.05, 0) is 44.9 Å². The maximum atomic E-state index is 12.0. The van der Waals surface area contributed by atoms with Crippen LogP contribution in [0.25, 0.3) is 0 Å². The molecule has 0 amide bonds. The SMILES string of the molecule is CCOC(=O)C(CC=C(C)C)c1ccc(Cl)cc1. The monoisotopic (exact) mass is 266 g/mol. The van der Waals surface area contributed by atoms with Crippen molar-refractivity contribution in [2.75, 3.05) is 6.61 Å². The lowest BCUT2D eigenvalue weighted by atomic mass is 9.95. The molecule has 0 fully saturated rings. The van der Waals surface area contributed by atoms with E-state index in [2.05, 4.69) is 6.08 Å². The Morgan fingerprint density at radius 1 is 1.33 bits per heavy atom. The van der Waals surface area contributed by atoms with E-state index in [0.29, 0.717) is 18.1 Å². The van der Waals surface area contributed by atoms with E-state index >= 15 is 0 Å². The minimum Gasteiger partial charge on any atom is -0.466 e. The molecule has 0 aliphatic rings. The van der Waals surface area contributed by atoms with Gasteiger partial charge in [-0.3, -0.25) is 4.79 Å². The fourth-order valence-corrected chi connectivity index (χ4v) is 1.79. The minimum atomic E-state index is -0.253. The molecule has 0 radical (unpaired) electrons. The second-order valence-electron chi connectivity index (χ2n) is 4.37. The Labute approximate surface area is 114 Å². The molecular weight excluding hydrogens is 248 g/mol. The fraction of sp³-hybridized carbons (Fsp3) is 0.400. The average molecular weight is 267 g/mol. The third kappa shape index (κ3) is 4.53. The van der Waals surface area contributed by atoms with Gasteiger partial charge in [0.15, 0.2) is 0 Å². The Hall–Kier alpha value is -1.28. The van der Waals surface area contributed by atoms with Crippen LogP contribution in [-0.2, 0) is 9.53 Å². The summed E-state index contributed by atoms with van der Waals surface area (Å²) in [5.41, 5.74) is 2.13. The van der Waals surface area contributed by atoms with E-state index in [1.807, 2.05) is 32.9 Å². The number of allylic oxidation sites excluding steroid dienone is 2. The Morgan fingerprint density at radius 2 is 1.94 bits per heavy atom. The molecule has 3 heteroatoms. The van der Waals surface area contributed by atoms with Crippen molar-refractivity contribution in [3.8, 4) is 0 Å². The Morgan fingerprint density at radius 3 is 2.44 bits per heavy atom. The van der Waals surface area contributed by atoms with Crippen molar-refractivity contribution in [2.24, 2.45) is 0 Å². The van der Waals surface area contributed by atoms with Gasteiger partial charge in [0.25, 0.3) is 0 Å². The van der Waals surface area contributed by atoms with Crippen LogP contribution in [0.2, 0.25) is 5.02 Å². The number of carbonyl (C=O) groups is 1. The van der Waals surface area contributed by atoms with Gasteiger partial charge in [-0.15, -0.1) is 0 Å². The molecule has 1 unspecified atom stereocenters. The summed E-state index contributed by atoms with van der Waals surface area (Å²) in [7, 11) is 0. The zero-order valence-electron chi connectivity index (χ0n) is 11.1. The molecule has 0 aliphatic heterocycles. The second kappa shape index (κ2) is 7.22. The molecule has 0 N–H and O–H groups in total. The standard InChI is InChI=1S/C15H19ClO2/c1-4-18-15(17)14(10-5-11(2)3)12-6-8-13(16)9-7-12/h5-9,14H,4,10H2,1-3H3. The molecule has 0 saturated carbocycles. The Balaban J connectivity index is 2.92. The van der Waals surface area contributed by atoms with Crippen molar-refractivity contribution >= 4 is 17.6 Å². The maximum Gasteiger partial charge on any atom is 0.313 e. The third-order valence-corrected chi connectivity index (χ3v) is 2.86. The van der Waals surface area contributed by atoms with Gasteiger partial charge in [-0.2, -0.15) is 0 Å². The number of carbonyl (C=O) groups excluding carboxylic acids is 1. The lowest BCUT2D eigenvalue weighted by molar-refractivity contribution is -0.144. The number of hydrogen-bond acceptors (Lipinski definition) is 2. The largest absolute Gasteiger partial charge is 0.466 e. The van der Waals surface area contributed by atoms with Crippen LogP contribution in [0, 0.1) is 0 Å². The minimum absolute atomic E-state index is 0.183. The first kappa shape index (κ1) is 14.8. The molecule has 0 heterocycles. The normalized spacial score (nSPS) is 11.8. The predicted molar refractivity (Wildman–Crippen MR) is 74.9 cm³/mol. The highest BCUT2D eigenvalue weighted by atomic mass is 35.5. The molecule has 98 valence electrons. The van der Waals surface area contributed by atoms with Crippen LogP contribution in [0.4, 0.5) is 0 Å². The highest BCUT2D eigenvalue weighted by molar-refractivity contribution is 6.30. The summed E-state index contributed by atoms with van der Waals surface area (Å²) >= 11 is 5.86. The first-order valence-electron chi connectivity index (χ1n) is 6.10. The van der Waals surface area contributed by atoms with Crippen molar-refractivity contribution in [2.45, 2.75) is 33.1 Å². The summed E-state index contributed by atoms with van der Waals surface area (Å²) in [5, 5.41) is 0.670. The van der Waals surface area contributed by atoms with Gasteiger partial charge in [0, 0.05) is 5.02 Å². The second-order valence-corrected chi connectivity index (χ2v) is 4.81. The number of hydrogen-bond donors (Lipinski definition) is 0. The number of esters is 1. The molecule has 1 aromatic rings. The van der Waals surface area contributed by atoms with Crippen LogP contribution in [0.15, 0.2) is 35.9 Å². The van der Waals surface area contributed by atoms with Crippen LogP contribution >= 0.6 is 11.6 Å². The van der Waals surface area contributed by atoms with E-state index < -0.39 is 0 Å². The molecule has 1 aromatic carbocycles. The molecule has 0 spiro atoms. The first-order valence-corrected chi connectivity index (χ1v) is 6.47. The van der Waals surface area contributed by atoms with E-state index in [1.54, 1.807) is 12.1 Å². The topological polar surface area (TPSA) is 26.3 Å². The zero-order valence-corrected chi connectivity index (χ0v) is 11.8. The van der Waals surface area contributed by atoms with E-state index in [9.17, 15) is 4.79 Å². The van der Waals surface area contributed by atoms with E-state index in [1.165, 1.54) is 5.57 Å². The molecule has 0 aromatic heterocycles. The molecule has 0 aliphatic carbocycles. The summed E-state index contributed by atoms with van der Waals surface area (Å²) < 4.78 is 5.12. The highest BCUT2D eigenvalue weighted by Gasteiger charge is 2.20. The van der Waals surface area contributed by atoms with Gasteiger partial charge in [-0.25, -0.2) is 0 Å². The van der Waals surface area contributed by atoms with Crippen LogP contribution in [0.5, 0.6) is 0 Å². The van der Waals surface area contributed by atoms with Gasteiger partial charge in [0.2, 0.25) is 0 Å². The van der Waals surface area contributed by atoms with Gasteiger partial charge < -0.3 is 4.74 Å². The average Bonchev–Trinajstić information content (AvgIpc) is 2.31. The maximum absolute atomic E-state index is 12.0. The smallest absolute Gasteiger partial charge is 0.313 e. The Bertz CT molecular complexity index is 417. The lowest BCUT2D eigenvalue weighted by Crippen LogP contribution is -2.15. The number of benzene rings is 1. The number of rotatable bonds is 5. The summed E-state index contributed by atoms with van der Waals surface area (Å²) in [5.74, 6) is -0.436. The van der Waals surface area contributed by atoms with E-state index in [0.717, 1.165) is 5.56 Å². The molecule has 1 atom stereocenters. The zero-order chi connectivity index (χ0) is 13.5. The van der Waals surface area contributed by atoms with Gasteiger partial charge in [0.1, 0.15) is 0 Å². The Kier molecular flexibility index (Phi) is 5.93. The summed E-state index contributed by atoms with van der Waals surface area (Å²) in [6.07, 6.45) is 2.71. The number of halogens is 1. The van der Waals surface area contributed by atoms with Crippen molar-refractivity contribution in [1.29, 1.82) is 0 Å². The fourth-order valence-electron chi connectivity index (χ4n) is 1.66. The molecular formula is C15H19ClO2. The van der Waals surface area contributed by atoms with Crippen LogP contribution in [0.1, 0.15) is 38.7 Å². The molecule has 0 saturated heterocycles. The van der Waals surface area contributed by atoms with Crippen molar-refractivity contribution in [1.82, 2.24) is 0 Å². The quantitative estimate of drug-likeness (QED) is 0.585. The van der Waals surface area contributed by atoms with Crippen LogP contribution in [0.3, 0.4) is 0 Å². The summed E-state index contributed by atoms with van der Waals surface area (Å²) in [6, 6.07) is 7.35. The van der Waals surface area contributed by atoms with Crippen molar-refractivity contribution in [3.63, 3.8) is 0 Å². The van der Waals surface area contributed by atoms with Gasteiger partial charge in [-0.1, -0.05) is 35.4 Å². The predicted octanol–water partition coefficient (Wildman–Crippen LogP) is 4.34. The van der Waals surface area contributed by atoms with Crippen molar-refractivity contribution < 1.29 is 9.53 Å². The molecule has 18 heavy (non-hydrogen) atoms.